The second kappa shape index (κ2) is 17.8. The van der Waals surface area contributed by atoms with E-state index in [1.807, 2.05) is 99.3 Å². The minimum Gasteiger partial charge on any atom is -0.494 e. The molecule has 1 N–H and O–H groups in total. The number of nitrogens with zero attached hydrogens (tertiary/aromatic N) is 4. The normalized spacial score (nSPS) is 15.4. The molecule has 4 heterocycles. The number of aromatic nitrogens is 2. The van der Waals surface area contributed by atoms with E-state index in [4.69, 9.17) is 19.2 Å². The molecule has 0 atom stereocenters. The van der Waals surface area contributed by atoms with E-state index in [0.717, 1.165) is 32.5 Å². The number of alkyl halides is 1. The molecule has 1 saturated heterocycles. The highest BCUT2D eigenvalue weighted by atomic mass is 32.1. The molecule has 0 radical (unpaired) electrons. The van der Waals surface area contributed by atoms with E-state index in [9.17, 15) is 14.4 Å². The first-order valence-electron chi connectivity index (χ1n) is 20.4. The van der Waals surface area contributed by atoms with Crippen molar-refractivity contribution in [2.24, 2.45) is 0 Å². The summed E-state index contributed by atoms with van der Waals surface area (Å²) in [7, 11) is 0. The highest BCUT2D eigenvalue weighted by Gasteiger charge is 2.35. The van der Waals surface area contributed by atoms with E-state index in [-0.39, 0.29) is 24.1 Å². The fraction of sp³-hybridized carbons (Fsp3) is 0.413. The Morgan fingerprint density at radius 2 is 1.73 bits per heavy atom. The van der Waals surface area contributed by atoms with Crippen molar-refractivity contribution < 1.29 is 33.0 Å². The highest BCUT2D eigenvalue weighted by molar-refractivity contribution is 7.22. The van der Waals surface area contributed by atoms with Gasteiger partial charge < -0.3 is 19.1 Å². The topological polar surface area (TPSA) is 123 Å². The van der Waals surface area contributed by atoms with E-state index in [0.29, 0.717) is 99.3 Å². The van der Waals surface area contributed by atoms with Gasteiger partial charge in [0, 0.05) is 37.3 Å². The van der Waals surface area contributed by atoms with E-state index in [1.165, 1.54) is 11.3 Å². The molecule has 5 aromatic rings. The van der Waals surface area contributed by atoms with Gasteiger partial charge in [0.25, 0.3) is 5.91 Å². The van der Waals surface area contributed by atoms with Gasteiger partial charge in [-0.1, -0.05) is 41.7 Å². The molecule has 310 valence electrons. The van der Waals surface area contributed by atoms with Crippen LogP contribution in [0.3, 0.4) is 0 Å². The summed E-state index contributed by atoms with van der Waals surface area (Å²) in [4.78, 5) is 52.9. The third kappa shape index (κ3) is 10.3. The number of para-hydroxylation sites is 1. The molecule has 1 fully saturated rings. The summed E-state index contributed by atoms with van der Waals surface area (Å²) in [6, 6.07) is 23.1. The first kappa shape index (κ1) is 41.7. The molecule has 11 nitrogen and oxygen atoms in total. The van der Waals surface area contributed by atoms with Crippen LogP contribution < -0.4 is 15.0 Å². The average Bonchev–Trinajstić information content (AvgIpc) is 3.62. The number of benzene rings is 3. The summed E-state index contributed by atoms with van der Waals surface area (Å²) < 4.78 is 33.6. The third-order valence-electron chi connectivity index (χ3n) is 10.8. The first-order chi connectivity index (χ1) is 28.3. The zero-order chi connectivity index (χ0) is 41.7. The van der Waals surface area contributed by atoms with Crippen LogP contribution >= 0.6 is 11.3 Å². The van der Waals surface area contributed by atoms with Crippen molar-refractivity contribution in [2.75, 3.05) is 49.6 Å². The number of esters is 2. The Hall–Kier alpha value is -5.40. The molecule has 59 heavy (non-hydrogen) atoms. The van der Waals surface area contributed by atoms with Crippen LogP contribution in [-0.4, -0.2) is 83.4 Å². The Bertz CT molecular complexity index is 2300. The van der Waals surface area contributed by atoms with Crippen molar-refractivity contribution in [1.82, 2.24) is 14.9 Å². The van der Waals surface area contributed by atoms with E-state index in [2.05, 4.69) is 21.3 Å². The number of ether oxygens (including phenoxy) is 3. The molecule has 13 heteroatoms. The van der Waals surface area contributed by atoms with Gasteiger partial charge >= 0.3 is 11.9 Å². The number of likely N-dealkylation sites (tertiary alicyclic amines) is 1. The maximum atomic E-state index is 15.6. The van der Waals surface area contributed by atoms with Gasteiger partial charge in [-0.05, 0) is 131 Å². The molecule has 2 aromatic heterocycles. The van der Waals surface area contributed by atoms with Crippen LogP contribution in [0.25, 0.3) is 21.3 Å². The number of thiazole rings is 1. The van der Waals surface area contributed by atoms with Gasteiger partial charge in [0.2, 0.25) is 0 Å². The molecule has 0 spiro atoms. The first-order valence-corrected chi connectivity index (χ1v) is 21.2. The molecule has 2 aliphatic rings. The standard InChI is InChI=1S/C46H52FN5O6S/c1-6-56-40(53)29-51-24-21-46(47,22-25-51)20-10-26-57-32-15-16-33(30(2)27-32)34-17-18-39(49-41(34)43(55)58-45(3,4)5)52-23-19-31-11-9-12-35(36(31)28-52)42(54)50-44-48-37-13-7-8-14-38(37)59-44/h7-9,11-18,27H,6,10,19-26,28-29H2,1-5H3,(H,48,50,54). The largest absolute Gasteiger partial charge is 0.494 e. The molecular weight excluding hydrogens is 770 g/mol. The Balaban J connectivity index is 1.04. The monoisotopic (exact) mass is 821 g/mol. The van der Waals surface area contributed by atoms with Crippen LogP contribution in [0, 0.1) is 6.92 Å². The number of carbonyl (C=O) groups is 3. The minimum absolute atomic E-state index is 0.198. The summed E-state index contributed by atoms with van der Waals surface area (Å²) >= 11 is 1.44. The third-order valence-corrected chi connectivity index (χ3v) is 11.7. The number of hydrogen-bond acceptors (Lipinski definition) is 11. The predicted molar refractivity (Wildman–Crippen MR) is 229 cm³/mol. The van der Waals surface area contributed by atoms with Gasteiger partial charge in [0.05, 0.1) is 30.0 Å². The number of carbonyl (C=O) groups excluding carboxylic acids is 3. The van der Waals surface area contributed by atoms with E-state index in [1.54, 1.807) is 6.92 Å². The smallest absolute Gasteiger partial charge is 0.358 e. The molecule has 0 aliphatic carbocycles. The van der Waals surface area contributed by atoms with E-state index >= 15 is 4.39 Å². The molecule has 0 bridgehead atoms. The lowest BCUT2D eigenvalue weighted by molar-refractivity contribution is -0.145. The van der Waals surface area contributed by atoms with Crippen molar-refractivity contribution in [1.29, 1.82) is 0 Å². The molecule has 3 aromatic carbocycles. The van der Waals surface area contributed by atoms with Crippen LogP contribution in [0.2, 0.25) is 0 Å². The Labute approximate surface area is 348 Å². The number of aryl methyl sites for hydroxylation is 1. The van der Waals surface area contributed by atoms with Crippen molar-refractivity contribution in [2.45, 2.75) is 84.5 Å². The summed E-state index contributed by atoms with van der Waals surface area (Å²) in [5.74, 6) is 0.233. The van der Waals surface area contributed by atoms with E-state index < -0.39 is 17.2 Å². The Kier molecular flexibility index (Phi) is 12.6. The summed E-state index contributed by atoms with van der Waals surface area (Å²) in [6.07, 6.45) is 2.39. The lowest BCUT2D eigenvalue weighted by atomic mass is 9.89. The number of anilines is 2. The van der Waals surface area contributed by atoms with Crippen molar-refractivity contribution in [3.8, 4) is 16.9 Å². The maximum Gasteiger partial charge on any atom is 0.358 e. The number of piperidine rings is 1. The zero-order valence-electron chi connectivity index (χ0n) is 34.4. The van der Waals surface area contributed by atoms with Crippen LogP contribution in [0.15, 0.2) is 72.8 Å². The van der Waals surface area contributed by atoms with Gasteiger partial charge in [-0.3, -0.25) is 19.8 Å². The van der Waals surface area contributed by atoms with Crippen molar-refractivity contribution in [3.05, 3.63) is 101 Å². The van der Waals surface area contributed by atoms with Gasteiger partial charge in [0.15, 0.2) is 10.8 Å². The van der Waals surface area contributed by atoms with Crippen LogP contribution in [0.4, 0.5) is 15.3 Å². The fourth-order valence-corrected chi connectivity index (χ4v) is 8.62. The second-order valence-electron chi connectivity index (χ2n) is 16.3. The molecule has 0 unspecified atom stereocenters. The average molecular weight is 822 g/mol. The SMILES string of the molecule is CCOC(=O)CN1CCC(F)(CCCOc2ccc(-c3ccc(N4CCc5cccc(C(=O)Nc6nc7ccccc7s6)c5C4)nc3C(=O)OC(C)(C)C)c(C)c2)CC1. The van der Waals surface area contributed by atoms with Gasteiger partial charge in [-0.2, -0.15) is 0 Å². The lowest BCUT2D eigenvalue weighted by Gasteiger charge is -2.35. The number of pyridine rings is 1. The van der Waals surface area contributed by atoms with Crippen LogP contribution in [0.1, 0.15) is 90.9 Å². The van der Waals surface area contributed by atoms with Crippen molar-refractivity contribution >= 4 is 50.3 Å². The minimum atomic E-state index is -1.28. The number of nitrogens with one attached hydrogen (secondary N) is 1. The van der Waals surface area contributed by atoms with Gasteiger partial charge in [0.1, 0.15) is 22.8 Å². The Morgan fingerprint density at radius 3 is 2.47 bits per heavy atom. The second-order valence-corrected chi connectivity index (χ2v) is 17.3. The fourth-order valence-electron chi connectivity index (χ4n) is 7.76. The number of fused-ring (bicyclic) bond motifs is 2. The number of hydrogen-bond donors (Lipinski definition) is 1. The summed E-state index contributed by atoms with van der Waals surface area (Å²) in [5, 5.41) is 3.55. The van der Waals surface area contributed by atoms with Crippen LogP contribution in [0.5, 0.6) is 5.75 Å². The summed E-state index contributed by atoms with van der Waals surface area (Å²) in [6.45, 7) is 12.3. The molecule has 7 rings (SSSR count). The quantitative estimate of drug-likeness (QED) is 0.0910. The molecule has 1 amide bonds. The molecule has 2 aliphatic heterocycles. The zero-order valence-corrected chi connectivity index (χ0v) is 35.3. The number of amides is 1. The highest BCUT2D eigenvalue weighted by Crippen LogP contribution is 2.35. The summed E-state index contributed by atoms with van der Waals surface area (Å²) in [5.41, 5.74) is 3.92. The van der Waals surface area contributed by atoms with Crippen molar-refractivity contribution in [3.63, 3.8) is 0 Å². The molecule has 0 saturated carbocycles. The Morgan fingerprint density at radius 1 is 0.949 bits per heavy atom. The molecular formula is C46H52FN5O6S. The predicted octanol–water partition coefficient (Wildman–Crippen LogP) is 8.96. The number of rotatable bonds is 13. The van der Waals surface area contributed by atoms with Gasteiger partial charge in [-0.25, -0.2) is 19.2 Å². The van der Waals surface area contributed by atoms with Crippen LogP contribution in [-0.2, 0) is 27.2 Å². The lowest BCUT2D eigenvalue weighted by Crippen LogP contribution is -2.44. The number of halogens is 1. The maximum absolute atomic E-state index is 15.6. The van der Waals surface area contributed by atoms with Gasteiger partial charge in [-0.15, -0.1) is 0 Å².